The summed E-state index contributed by atoms with van der Waals surface area (Å²) in [7, 11) is 1.63. The molecule has 4 nitrogen and oxygen atoms in total. The molecule has 0 aromatic heterocycles. The Kier molecular flexibility index (Phi) is 4.81. The van der Waals surface area contributed by atoms with Crippen LogP contribution in [0.2, 0.25) is 0 Å². The normalized spacial score (nSPS) is 21.2. The molecule has 0 radical (unpaired) electrons. The summed E-state index contributed by atoms with van der Waals surface area (Å²) >= 11 is 0. The van der Waals surface area contributed by atoms with Crippen molar-refractivity contribution < 1.29 is 14.3 Å². The van der Waals surface area contributed by atoms with E-state index in [1.54, 1.807) is 12.0 Å². The third-order valence-corrected chi connectivity index (χ3v) is 6.01. The van der Waals surface area contributed by atoms with Crippen molar-refractivity contribution in [2.75, 3.05) is 12.0 Å². The summed E-state index contributed by atoms with van der Waals surface area (Å²) in [5, 5.41) is 0. The van der Waals surface area contributed by atoms with Gasteiger partial charge in [-0.15, -0.1) is 0 Å². The molecule has 1 amide bonds. The number of Topliss-reactive ketones (excluding diaryl/α,β-unsaturated/α-hetero) is 1. The Morgan fingerprint density at radius 1 is 1.00 bits per heavy atom. The van der Waals surface area contributed by atoms with Crippen molar-refractivity contribution in [2.24, 2.45) is 5.41 Å². The van der Waals surface area contributed by atoms with Crippen LogP contribution in [0.4, 0.5) is 5.69 Å². The summed E-state index contributed by atoms with van der Waals surface area (Å²) in [6, 6.07) is 15.6. The second-order valence-corrected chi connectivity index (χ2v) is 8.82. The summed E-state index contributed by atoms with van der Waals surface area (Å²) in [5.74, 6) is 0.620. The van der Waals surface area contributed by atoms with E-state index in [-0.39, 0.29) is 29.4 Å². The van der Waals surface area contributed by atoms with E-state index in [0.29, 0.717) is 12.8 Å². The van der Waals surface area contributed by atoms with Crippen LogP contribution in [0.5, 0.6) is 5.75 Å². The van der Waals surface area contributed by atoms with Gasteiger partial charge in [0, 0.05) is 35.6 Å². The van der Waals surface area contributed by atoms with E-state index >= 15 is 0 Å². The van der Waals surface area contributed by atoms with Gasteiger partial charge < -0.3 is 4.74 Å². The number of aryl methyl sites for hydroxylation is 1. The Morgan fingerprint density at radius 2 is 1.69 bits per heavy atom. The van der Waals surface area contributed by atoms with Crippen LogP contribution in [0, 0.1) is 12.3 Å². The van der Waals surface area contributed by atoms with E-state index in [1.807, 2.05) is 55.5 Å². The van der Waals surface area contributed by atoms with Crippen LogP contribution in [-0.2, 0) is 9.59 Å². The summed E-state index contributed by atoms with van der Waals surface area (Å²) in [6.07, 6.45) is 1.45. The largest absolute Gasteiger partial charge is 0.496 e. The van der Waals surface area contributed by atoms with Crippen molar-refractivity contribution in [1.29, 1.82) is 0 Å². The summed E-state index contributed by atoms with van der Waals surface area (Å²) in [5.41, 5.74) is 4.26. The molecule has 2 aliphatic rings. The quantitative estimate of drug-likeness (QED) is 0.728. The zero-order valence-electron chi connectivity index (χ0n) is 17.5. The first-order valence-corrected chi connectivity index (χ1v) is 10.1. The molecular weight excluding hydrogens is 362 g/mol. The third kappa shape index (κ3) is 3.37. The topological polar surface area (TPSA) is 46.6 Å². The molecule has 1 aliphatic carbocycles. The first kappa shape index (κ1) is 19.4. The second-order valence-electron chi connectivity index (χ2n) is 8.82. The summed E-state index contributed by atoms with van der Waals surface area (Å²) in [6.45, 7) is 6.20. The van der Waals surface area contributed by atoms with Crippen molar-refractivity contribution in [3.8, 4) is 5.75 Å². The molecule has 2 aromatic rings. The highest BCUT2D eigenvalue weighted by atomic mass is 16.5. The maximum Gasteiger partial charge on any atom is 0.232 e. The lowest BCUT2D eigenvalue weighted by atomic mass is 9.69. The van der Waals surface area contributed by atoms with Crippen LogP contribution < -0.4 is 9.64 Å². The number of methoxy groups -OCH3 is 1. The molecule has 1 aliphatic heterocycles. The van der Waals surface area contributed by atoms with E-state index in [9.17, 15) is 9.59 Å². The van der Waals surface area contributed by atoms with Crippen LogP contribution in [0.15, 0.2) is 59.8 Å². The number of hydrogen-bond donors (Lipinski definition) is 0. The number of benzene rings is 2. The van der Waals surface area contributed by atoms with Gasteiger partial charge in [0.1, 0.15) is 5.75 Å². The Balaban J connectivity index is 1.94. The van der Waals surface area contributed by atoms with Crippen molar-refractivity contribution in [3.05, 3.63) is 70.9 Å². The number of allylic oxidation sites excluding steroid dienone is 2. The number of ether oxygens (including phenoxy) is 1. The zero-order valence-corrected chi connectivity index (χ0v) is 17.5. The Bertz CT molecular complexity index is 1020. The van der Waals surface area contributed by atoms with Gasteiger partial charge in [0.05, 0.1) is 12.8 Å². The van der Waals surface area contributed by atoms with Gasteiger partial charge in [0.15, 0.2) is 5.78 Å². The minimum Gasteiger partial charge on any atom is -0.496 e. The first-order valence-electron chi connectivity index (χ1n) is 10.1. The number of rotatable bonds is 3. The van der Waals surface area contributed by atoms with Crippen LogP contribution in [0.25, 0.3) is 0 Å². The first-order chi connectivity index (χ1) is 13.8. The number of nitrogens with zero attached hydrogens (tertiary/aromatic N) is 1. The van der Waals surface area contributed by atoms with E-state index in [4.69, 9.17) is 4.74 Å². The molecule has 29 heavy (non-hydrogen) atoms. The smallest absolute Gasteiger partial charge is 0.232 e. The maximum atomic E-state index is 13.4. The van der Waals surface area contributed by atoms with E-state index in [2.05, 4.69) is 13.8 Å². The van der Waals surface area contributed by atoms with E-state index < -0.39 is 0 Å². The number of amides is 1. The molecule has 0 bridgehead atoms. The van der Waals surface area contributed by atoms with Crippen molar-refractivity contribution in [2.45, 2.75) is 46.0 Å². The van der Waals surface area contributed by atoms with Crippen molar-refractivity contribution >= 4 is 17.4 Å². The molecule has 1 unspecified atom stereocenters. The molecule has 4 heteroatoms. The lowest BCUT2D eigenvalue weighted by Gasteiger charge is -2.43. The number of para-hydroxylation sites is 2. The van der Waals surface area contributed by atoms with Crippen molar-refractivity contribution in [1.82, 2.24) is 0 Å². The predicted octanol–water partition coefficient (Wildman–Crippen LogP) is 5.17. The number of ketones is 1. The fourth-order valence-corrected chi connectivity index (χ4v) is 4.73. The highest BCUT2D eigenvalue weighted by molar-refractivity contribution is 6.08. The molecule has 0 saturated heterocycles. The van der Waals surface area contributed by atoms with Crippen LogP contribution in [0.1, 0.15) is 50.2 Å². The number of anilines is 1. The highest BCUT2D eigenvalue weighted by Crippen LogP contribution is 2.49. The minimum atomic E-state index is -0.266. The average Bonchev–Trinajstić information content (AvgIpc) is 2.67. The fourth-order valence-electron chi connectivity index (χ4n) is 4.73. The van der Waals surface area contributed by atoms with Crippen molar-refractivity contribution in [3.63, 3.8) is 0 Å². The summed E-state index contributed by atoms with van der Waals surface area (Å²) < 4.78 is 5.56. The lowest BCUT2D eigenvalue weighted by molar-refractivity contribution is -0.121. The monoisotopic (exact) mass is 389 g/mol. The molecular formula is C25H27NO3. The molecule has 150 valence electrons. The van der Waals surface area contributed by atoms with Crippen LogP contribution in [-0.4, -0.2) is 18.8 Å². The van der Waals surface area contributed by atoms with Gasteiger partial charge in [0.2, 0.25) is 5.91 Å². The van der Waals surface area contributed by atoms with Gasteiger partial charge in [-0.1, -0.05) is 50.2 Å². The molecule has 1 heterocycles. The van der Waals surface area contributed by atoms with Gasteiger partial charge >= 0.3 is 0 Å². The predicted molar refractivity (Wildman–Crippen MR) is 114 cm³/mol. The third-order valence-electron chi connectivity index (χ3n) is 6.01. The Hall–Kier alpha value is -2.88. The Labute approximate surface area is 172 Å². The van der Waals surface area contributed by atoms with E-state index in [0.717, 1.165) is 33.8 Å². The van der Waals surface area contributed by atoms with Gasteiger partial charge in [0.25, 0.3) is 0 Å². The molecule has 0 fully saturated rings. The van der Waals surface area contributed by atoms with Gasteiger partial charge in [-0.05, 0) is 36.5 Å². The molecule has 4 rings (SSSR count). The molecule has 0 spiro atoms. The van der Waals surface area contributed by atoms with Crippen LogP contribution >= 0.6 is 0 Å². The zero-order chi connectivity index (χ0) is 20.8. The van der Waals surface area contributed by atoms with Gasteiger partial charge in [-0.25, -0.2) is 0 Å². The standard InChI is InChI=1S/C25H27NO3/c1-16-9-5-7-11-19(16)26-20-14-25(2,3)15-21(27)24(20)18(13-23(26)28)17-10-6-8-12-22(17)29-4/h5-12,18H,13-15H2,1-4H3. The number of carbonyl (C=O) groups is 2. The second kappa shape index (κ2) is 7.18. The minimum absolute atomic E-state index is 0.0273. The summed E-state index contributed by atoms with van der Waals surface area (Å²) in [4.78, 5) is 28.6. The Morgan fingerprint density at radius 3 is 2.41 bits per heavy atom. The number of carbonyl (C=O) groups excluding carboxylic acids is 2. The molecule has 0 N–H and O–H groups in total. The van der Waals surface area contributed by atoms with E-state index in [1.165, 1.54) is 0 Å². The van der Waals surface area contributed by atoms with Crippen LogP contribution in [0.3, 0.4) is 0 Å². The van der Waals surface area contributed by atoms with Gasteiger partial charge in [-0.3, -0.25) is 14.5 Å². The van der Waals surface area contributed by atoms with Gasteiger partial charge in [-0.2, -0.15) is 0 Å². The maximum absolute atomic E-state index is 13.4. The highest BCUT2D eigenvalue weighted by Gasteiger charge is 2.45. The molecule has 2 aromatic carbocycles. The lowest BCUT2D eigenvalue weighted by Crippen LogP contribution is -2.44. The SMILES string of the molecule is COc1ccccc1C1CC(=O)N(c2ccccc2C)C2=C1C(=O)CC(C)(C)C2. The number of hydrogen-bond acceptors (Lipinski definition) is 3. The fraction of sp³-hybridized carbons (Fsp3) is 0.360. The average molecular weight is 389 g/mol. The molecule has 0 saturated carbocycles. The molecule has 1 atom stereocenters.